The van der Waals surface area contributed by atoms with Gasteiger partial charge in [-0.25, -0.2) is 9.18 Å². The van der Waals surface area contributed by atoms with Gasteiger partial charge in [-0.15, -0.1) is 0 Å². The maximum absolute atomic E-state index is 13.8. The largest absolute Gasteiger partial charge is 0.500 e. The van der Waals surface area contributed by atoms with Crippen LogP contribution in [0.2, 0.25) is 0 Å². The van der Waals surface area contributed by atoms with Gasteiger partial charge in [-0.05, 0) is 30.2 Å². The third-order valence-corrected chi connectivity index (χ3v) is 3.50. The fourth-order valence-electron chi connectivity index (χ4n) is 2.24. The van der Waals surface area contributed by atoms with E-state index in [4.69, 9.17) is 15.2 Å². The van der Waals surface area contributed by atoms with Gasteiger partial charge in [-0.2, -0.15) is 0 Å². The Bertz CT molecular complexity index is 786. The number of benzene rings is 2. The highest BCUT2D eigenvalue weighted by atomic mass is 19.1. The lowest BCUT2D eigenvalue weighted by atomic mass is 9.99. The number of carboxylic acid groups (broad SMARTS) is 1. The molecule has 0 saturated carbocycles. The van der Waals surface area contributed by atoms with E-state index in [1.807, 2.05) is 0 Å². The van der Waals surface area contributed by atoms with E-state index in [1.54, 1.807) is 31.2 Å². The Morgan fingerprint density at radius 3 is 2.58 bits per heavy atom. The van der Waals surface area contributed by atoms with Gasteiger partial charge in [0, 0.05) is 11.8 Å². The summed E-state index contributed by atoms with van der Waals surface area (Å²) in [5.74, 6) is -1.37. The van der Waals surface area contributed by atoms with Gasteiger partial charge in [0.1, 0.15) is 17.9 Å². The molecule has 0 heterocycles. The number of rotatable bonds is 6. The van der Waals surface area contributed by atoms with Gasteiger partial charge in [0.2, 0.25) is 0 Å². The molecule has 0 saturated heterocycles. The maximum atomic E-state index is 13.8. The normalized spacial score (nSPS) is 11.6. The second-order valence-corrected chi connectivity index (χ2v) is 5.08. The first-order chi connectivity index (χ1) is 11.4. The van der Waals surface area contributed by atoms with Crippen LogP contribution in [0.4, 0.5) is 10.1 Å². The van der Waals surface area contributed by atoms with Crippen LogP contribution in [0.1, 0.15) is 18.1 Å². The molecule has 0 aliphatic carbocycles. The van der Waals surface area contributed by atoms with Crippen LogP contribution in [0, 0.1) is 5.82 Å². The quantitative estimate of drug-likeness (QED) is 0.481. The molecule has 2 rings (SSSR count). The number of ether oxygens (including phenoxy) is 2. The number of carboxylic acids is 1. The molecule has 0 amide bonds. The molecule has 6 heteroatoms. The van der Waals surface area contributed by atoms with Crippen molar-refractivity contribution in [3.63, 3.8) is 0 Å². The minimum absolute atomic E-state index is 0.00475. The zero-order valence-corrected chi connectivity index (χ0v) is 13.4. The molecule has 0 spiro atoms. The second kappa shape index (κ2) is 7.50. The van der Waals surface area contributed by atoms with Crippen molar-refractivity contribution in [1.29, 1.82) is 0 Å². The smallest absolute Gasteiger partial charge is 0.339 e. The highest BCUT2D eigenvalue weighted by Gasteiger charge is 2.18. The monoisotopic (exact) mass is 331 g/mol. The topological polar surface area (TPSA) is 81.8 Å². The molecule has 0 aliphatic heterocycles. The molecular weight excluding hydrogens is 313 g/mol. The van der Waals surface area contributed by atoms with Gasteiger partial charge in [0.05, 0.1) is 7.11 Å². The van der Waals surface area contributed by atoms with Gasteiger partial charge < -0.3 is 20.3 Å². The lowest BCUT2D eigenvalue weighted by molar-refractivity contribution is -0.130. The first kappa shape index (κ1) is 17.3. The Labute approximate surface area is 139 Å². The first-order valence-corrected chi connectivity index (χ1v) is 7.18. The molecule has 5 nitrogen and oxygen atoms in total. The molecule has 126 valence electrons. The summed E-state index contributed by atoms with van der Waals surface area (Å²) in [4.78, 5) is 11.6. The molecule has 2 aromatic carbocycles. The first-order valence-electron chi connectivity index (χ1n) is 7.18. The molecule has 0 bridgehead atoms. The van der Waals surface area contributed by atoms with Crippen LogP contribution in [-0.2, 0) is 16.1 Å². The van der Waals surface area contributed by atoms with Gasteiger partial charge in [-0.1, -0.05) is 24.3 Å². The van der Waals surface area contributed by atoms with Gasteiger partial charge in [-0.3, -0.25) is 0 Å². The fraction of sp³-hybridized carbons (Fsp3) is 0.167. The summed E-state index contributed by atoms with van der Waals surface area (Å²) in [6, 6.07) is 11.0. The van der Waals surface area contributed by atoms with E-state index in [0.29, 0.717) is 16.8 Å². The number of nitrogens with two attached hydrogens (primary N) is 1. The Balaban J connectivity index is 2.34. The van der Waals surface area contributed by atoms with Crippen molar-refractivity contribution in [1.82, 2.24) is 0 Å². The van der Waals surface area contributed by atoms with Crippen molar-refractivity contribution in [2.24, 2.45) is 0 Å². The lowest BCUT2D eigenvalue weighted by Crippen LogP contribution is -2.08. The van der Waals surface area contributed by atoms with Crippen molar-refractivity contribution < 1.29 is 23.8 Å². The van der Waals surface area contributed by atoms with Crippen LogP contribution in [0.3, 0.4) is 0 Å². The summed E-state index contributed by atoms with van der Waals surface area (Å²) in [5, 5.41) is 9.46. The summed E-state index contributed by atoms with van der Waals surface area (Å²) in [6.07, 6.45) is 0. The number of anilines is 1. The Hall–Kier alpha value is -3.02. The SMILES string of the molecule is COC(C)=C(C(=O)O)c1ccccc1COc1ccc(N)cc1F. The lowest BCUT2D eigenvalue weighted by Gasteiger charge is -2.14. The molecule has 0 aliphatic rings. The zero-order valence-electron chi connectivity index (χ0n) is 13.4. The fourth-order valence-corrected chi connectivity index (χ4v) is 2.24. The molecule has 24 heavy (non-hydrogen) atoms. The van der Waals surface area contributed by atoms with E-state index in [9.17, 15) is 14.3 Å². The summed E-state index contributed by atoms with van der Waals surface area (Å²) in [6.45, 7) is 1.57. The summed E-state index contributed by atoms with van der Waals surface area (Å²) in [7, 11) is 1.40. The van der Waals surface area contributed by atoms with Crippen molar-refractivity contribution in [2.45, 2.75) is 13.5 Å². The summed E-state index contributed by atoms with van der Waals surface area (Å²) in [5.41, 5.74) is 6.89. The third kappa shape index (κ3) is 3.84. The highest BCUT2D eigenvalue weighted by Crippen LogP contribution is 2.26. The minimum Gasteiger partial charge on any atom is -0.500 e. The number of hydrogen-bond donors (Lipinski definition) is 2. The summed E-state index contributed by atoms with van der Waals surface area (Å²) >= 11 is 0. The number of nitrogen functional groups attached to an aromatic ring is 1. The van der Waals surface area contributed by atoms with Crippen LogP contribution in [0.25, 0.3) is 5.57 Å². The predicted octanol–water partition coefficient (Wildman–Crippen LogP) is 3.45. The van der Waals surface area contributed by atoms with Crippen molar-refractivity contribution in [2.75, 3.05) is 12.8 Å². The Morgan fingerprint density at radius 1 is 1.25 bits per heavy atom. The van der Waals surface area contributed by atoms with Crippen molar-refractivity contribution >= 4 is 17.2 Å². The molecular formula is C18H18FNO4. The molecule has 0 atom stereocenters. The van der Waals surface area contributed by atoms with Crippen LogP contribution in [0.15, 0.2) is 48.2 Å². The van der Waals surface area contributed by atoms with E-state index in [-0.39, 0.29) is 23.7 Å². The molecule has 0 unspecified atom stereocenters. The zero-order chi connectivity index (χ0) is 17.7. The van der Waals surface area contributed by atoms with Gasteiger partial charge in [0.15, 0.2) is 11.6 Å². The van der Waals surface area contributed by atoms with Crippen molar-refractivity contribution in [3.8, 4) is 5.75 Å². The van der Waals surface area contributed by atoms with Crippen LogP contribution >= 0.6 is 0 Å². The Kier molecular flexibility index (Phi) is 5.42. The van der Waals surface area contributed by atoms with Crippen LogP contribution in [0.5, 0.6) is 5.75 Å². The van der Waals surface area contributed by atoms with Gasteiger partial charge >= 0.3 is 5.97 Å². The molecule has 3 N–H and O–H groups in total. The number of methoxy groups -OCH3 is 1. The molecule has 0 aromatic heterocycles. The van der Waals surface area contributed by atoms with Crippen molar-refractivity contribution in [3.05, 3.63) is 65.2 Å². The highest BCUT2D eigenvalue weighted by molar-refractivity contribution is 6.16. The van der Waals surface area contributed by atoms with E-state index in [2.05, 4.69) is 0 Å². The third-order valence-electron chi connectivity index (χ3n) is 3.50. The standard InChI is InChI=1S/C18H18FNO4/c1-11(23-2)17(18(21)22)14-6-4-3-5-12(14)10-24-16-8-7-13(20)9-15(16)19/h3-9H,10,20H2,1-2H3,(H,21,22). The van der Waals surface area contributed by atoms with E-state index in [0.717, 1.165) is 0 Å². The second-order valence-electron chi connectivity index (χ2n) is 5.08. The van der Waals surface area contributed by atoms with Crippen LogP contribution in [-0.4, -0.2) is 18.2 Å². The molecule has 0 radical (unpaired) electrons. The van der Waals surface area contributed by atoms with E-state index in [1.165, 1.54) is 25.3 Å². The summed E-state index contributed by atoms with van der Waals surface area (Å²) < 4.78 is 24.3. The Morgan fingerprint density at radius 2 is 1.96 bits per heavy atom. The molecule has 0 fully saturated rings. The average molecular weight is 331 g/mol. The number of carbonyl (C=O) groups is 1. The molecule has 2 aromatic rings. The predicted molar refractivity (Wildman–Crippen MR) is 88.8 cm³/mol. The number of hydrogen-bond acceptors (Lipinski definition) is 4. The van der Waals surface area contributed by atoms with Crippen LogP contribution < -0.4 is 10.5 Å². The average Bonchev–Trinajstić information content (AvgIpc) is 2.55. The minimum atomic E-state index is -1.11. The number of aliphatic carboxylic acids is 1. The maximum Gasteiger partial charge on any atom is 0.339 e. The van der Waals surface area contributed by atoms with Gasteiger partial charge in [0.25, 0.3) is 0 Å². The van der Waals surface area contributed by atoms with E-state index < -0.39 is 11.8 Å². The van der Waals surface area contributed by atoms with E-state index >= 15 is 0 Å². The number of allylic oxidation sites excluding steroid dienone is 1. The number of halogens is 1.